The smallest absolute Gasteiger partial charge is 0.336 e. The molecule has 3 nitrogen and oxygen atoms in total. The van der Waals surface area contributed by atoms with Crippen LogP contribution in [-0.4, -0.2) is 6.61 Å². The van der Waals surface area contributed by atoms with Crippen LogP contribution < -0.4 is 10.4 Å². The van der Waals surface area contributed by atoms with Crippen molar-refractivity contribution >= 4 is 11.0 Å². The summed E-state index contributed by atoms with van der Waals surface area (Å²) in [5, 5.41) is 0.991. The van der Waals surface area contributed by atoms with Gasteiger partial charge in [0.1, 0.15) is 11.3 Å². The Balaban J connectivity index is 2.23. The van der Waals surface area contributed by atoms with Gasteiger partial charge in [-0.2, -0.15) is 0 Å². The molecular weight excluding hydrogens is 264 g/mol. The molecule has 0 N–H and O–H groups in total. The highest BCUT2D eigenvalue weighted by Gasteiger charge is 2.09. The molecule has 0 fully saturated rings. The zero-order valence-corrected chi connectivity index (χ0v) is 13.2. The van der Waals surface area contributed by atoms with Gasteiger partial charge in [-0.15, -0.1) is 0 Å². The maximum atomic E-state index is 11.5. The summed E-state index contributed by atoms with van der Waals surface area (Å²) < 4.78 is 11.2. The molecule has 0 atom stereocenters. The second-order valence-electron chi connectivity index (χ2n) is 5.47. The topological polar surface area (TPSA) is 39.4 Å². The van der Waals surface area contributed by atoms with Crippen molar-refractivity contribution in [2.75, 3.05) is 6.61 Å². The van der Waals surface area contributed by atoms with Crippen LogP contribution in [0.1, 0.15) is 50.7 Å². The van der Waals surface area contributed by atoms with E-state index in [0.717, 1.165) is 35.1 Å². The molecule has 1 aromatic carbocycles. The fourth-order valence-electron chi connectivity index (χ4n) is 2.51. The molecule has 114 valence electrons. The predicted molar refractivity (Wildman–Crippen MR) is 86.2 cm³/mol. The first kappa shape index (κ1) is 15.6. The maximum Gasteiger partial charge on any atom is 0.336 e. The lowest BCUT2D eigenvalue weighted by Gasteiger charge is -2.12. The molecule has 2 aromatic rings. The van der Waals surface area contributed by atoms with Crippen molar-refractivity contribution in [3.8, 4) is 5.75 Å². The highest BCUT2D eigenvalue weighted by Crippen LogP contribution is 2.28. The number of hydrogen-bond donors (Lipinski definition) is 0. The number of unbranched alkanes of at least 4 members (excludes halogenated alkanes) is 3. The van der Waals surface area contributed by atoms with Gasteiger partial charge in [-0.1, -0.05) is 33.1 Å². The predicted octanol–water partition coefficient (Wildman–Crippen LogP) is 4.62. The molecule has 21 heavy (non-hydrogen) atoms. The van der Waals surface area contributed by atoms with E-state index in [-0.39, 0.29) is 5.63 Å². The van der Waals surface area contributed by atoms with Crippen LogP contribution in [0.5, 0.6) is 5.75 Å². The molecule has 0 bridgehead atoms. The van der Waals surface area contributed by atoms with Gasteiger partial charge in [0.25, 0.3) is 0 Å². The molecule has 1 heterocycles. The van der Waals surface area contributed by atoms with E-state index in [1.807, 2.05) is 13.0 Å². The van der Waals surface area contributed by atoms with Gasteiger partial charge in [0.05, 0.1) is 6.61 Å². The summed E-state index contributed by atoms with van der Waals surface area (Å²) in [6.07, 6.45) is 5.63. The summed E-state index contributed by atoms with van der Waals surface area (Å²) >= 11 is 0. The number of aryl methyl sites for hydroxylation is 2. The third-order valence-corrected chi connectivity index (χ3v) is 3.77. The molecule has 0 unspecified atom stereocenters. The van der Waals surface area contributed by atoms with Crippen LogP contribution in [0.3, 0.4) is 0 Å². The van der Waals surface area contributed by atoms with Crippen molar-refractivity contribution in [3.63, 3.8) is 0 Å². The van der Waals surface area contributed by atoms with Crippen molar-refractivity contribution in [1.82, 2.24) is 0 Å². The van der Waals surface area contributed by atoms with Crippen LogP contribution in [0.15, 0.2) is 27.4 Å². The Labute approximate surface area is 125 Å². The van der Waals surface area contributed by atoms with Crippen molar-refractivity contribution in [2.45, 2.75) is 52.9 Å². The van der Waals surface area contributed by atoms with E-state index in [2.05, 4.69) is 19.9 Å². The SMILES string of the molecule is CCCCCCOc1cc2oc(=O)cc(C)c2cc1CC. The molecule has 0 spiro atoms. The monoisotopic (exact) mass is 288 g/mol. The second kappa shape index (κ2) is 7.30. The molecule has 0 aliphatic carbocycles. The fourth-order valence-corrected chi connectivity index (χ4v) is 2.51. The van der Waals surface area contributed by atoms with Crippen LogP contribution >= 0.6 is 0 Å². The minimum Gasteiger partial charge on any atom is -0.493 e. The number of benzene rings is 1. The second-order valence-corrected chi connectivity index (χ2v) is 5.47. The van der Waals surface area contributed by atoms with Gasteiger partial charge in [0.15, 0.2) is 0 Å². The Kier molecular flexibility index (Phi) is 5.43. The number of ether oxygens (including phenoxy) is 1. The highest BCUT2D eigenvalue weighted by molar-refractivity contribution is 5.82. The van der Waals surface area contributed by atoms with Crippen LogP contribution in [0, 0.1) is 6.92 Å². The van der Waals surface area contributed by atoms with Crippen molar-refractivity contribution in [1.29, 1.82) is 0 Å². The van der Waals surface area contributed by atoms with Gasteiger partial charge >= 0.3 is 5.63 Å². The largest absolute Gasteiger partial charge is 0.493 e. The number of hydrogen-bond acceptors (Lipinski definition) is 3. The third kappa shape index (κ3) is 3.87. The summed E-state index contributed by atoms with van der Waals surface area (Å²) in [6.45, 7) is 6.96. The molecule has 0 aliphatic rings. The summed E-state index contributed by atoms with van der Waals surface area (Å²) in [5.41, 5.74) is 2.42. The quantitative estimate of drug-likeness (QED) is 0.551. The third-order valence-electron chi connectivity index (χ3n) is 3.77. The van der Waals surface area contributed by atoms with Crippen LogP contribution in [0.2, 0.25) is 0 Å². The molecule has 0 saturated heterocycles. The van der Waals surface area contributed by atoms with E-state index in [1.165, 1.54) is 25.3 Å². The number of fused-ring (bicyclic) bond motifs is 1. The zero-order chi connectivity index (χ0) is 15.2. The molecular formula is C18H24O3. The summed E-state index contributed by atoms with van der Waals surface area (Å²) in [7, 11) is 0. The number of rotatable bonds is 7. The van der Waals surface area contributed by atoms with Gasteiger partial charge in [-0.05, 0) is 37.0 Å². The van der Waals surface area contributed by atoms with Gasteiger partial charge in [0.2, 0.25) is 0 Å². The van der Waals surface area contributed by atoms with E-state index in [1.54, 1.807) is 0 Å². The molecule has 0 amide bonds. The average Bonchev–Trinajstić information content (AvgIpc) is 2.46. The maximum absolute atomic E-state index is 11.5. The minimum absolute atomic E-state index is 0.307. The van der Waals surface area contributed by atoms with Gasteiger partial charge in [-0.25, -0.2) is 4.79 Å². The Morgan fingerprint density at radius 1 is 1.10 bits per heavy atom. The Morgan fingerprint density at radius 2 is 1.90 bits per heavy atom. The summed E-state index contributed by atoms with van der Waals surface area (Å²) in [6, 6.07) is 5.48. The average molecular weight is 288 g/mol. The first-order valence-corrected chi connectivity index (χ1v) is 7.85. The lowest BCUT2D eigenvalue weighted by atomic mass is 10.1. The van der Waals surface area contributed by atoms with E-state index >= 15 is 0 Å². The highest BCUT2D eigenvalue weighted by atomic mass is 16.5. The van der Waals surface area contributed by atoms with Gasteiger partial charge in [-0.3, -0.25) is 0 Å². The lowest BCUT2D eigenvalue weighted by molar-refractivity contribution is 0.302. The van der Waals surface area contributed by atoms with Crippen LogP contribution in [0.4, 0.5) is 0 Å². The Bertz CT molecular complexity index is 655. The molecule has 0 saturated carbocycles. The van der Waals surface area contributed by atoms with Crippen molar-refractivity contribution in [2.24, 2.45) is 0 Å². The molecule has 3 heteroatoms. The lowest BCUT2D eigenvalue weighted by Crippen LogP contribution is -2.02. The Hall–Kier alpha value is -1.77. The minimum atomic E-state index is -0.307. The molecule has 2 rings (SSSR count). The van der Waals surface area contributed by atoms with E-state index < -0.39 is 0 Å². The molecule has 0 radical (unpaired) electrons. The van der Waals surface area contributed by atoms with Crippen LogP contribution in [-0.2, 0) is 6.42 Å². The summed E-state index contributed by atoms with van der Waals surface area (Å²) in [5.74, 6) is 0.843. The normalized spacial score (nSPS) is 11.0. The van der Waals surface area contributed by atoms with Crippen LogP contribution in [0.25, 0.3) is 11.0 Å². The van der Waals surface area contributed by atoms with E-state index in [4.69, 9.17) is 9.15 Å². The standard InChI is InChI=1S/C18H24O3/c1-4-6-7-8-9-20-16-12-17-15(11-14(16)5-2)13(3)10-18(19)21-17/h10-12H,4-9H2,1-3H3. The first-order chi connectivity index (χ1) is 10.2. The zero-order valence-electron chi connectivity index (χ0n) is 13.2. The van der Waals surface area contributed by atoms with Gasteiger partial charge in [0, 0.05) is 17.5 Å². The van der Waals surface area contributed by atoms with E-state index in [9.17, 15) is 4.79 Å². The van der Waals surface area contributed by atoms with Crippen molar-refractivity contribution in [3.05, 3.63) is 39.7 Å². The fraction of sp³-hybridized carbons (Fsp3) is 0.500. The van der Waals surface area contributed by atoms with Crippen molar-refractivity contribution < 1.29 is 9.15 Å². The summed E-state index contributed by atoms with van der Waals surface area (Å²) in [4.78, 5) is 11.5. The van der Waals surface area contributed by atoms with E-state index in [0.29, 0.717) is 12.2 Å². The molecule has 1 aromatic heterocycles. The first-order valence-electron chi connectivity index (χ1n) is 7.85. The van der Waals surface area contributed by atoms with Gasteiger partial charge < -0.3 is 9.15 Å². The molecule has 0 aliphatic heterocycles. The Morgan fingerprint density at radius 3 is 2.62 bits per heavy atom.